The van der Waals surface area contributed by atoms with Crippen molar-refractivity contribution < 1.29 is 14.3 Å². The Balaban J connectivity index is 1.75. The normalized spacial score (nSPS) is 15.1. The van der Waals surface area contributed by atoms with E-state index in [0.717, 1.165) is 23.4 Å². The molecule has 1 atom stereocenters. The van der Waals surface area contributed by atoms with Crippen LogP contribution in [0.1, 0.15) is 87.6 Å². The Morgan fingerprint density at radius 3 is 2.59 bits per heavy atom. The highest BCUT2D eigenvalue weighted by atomic mass is 16.5. The van der Waals surface area contributed by atoms with Gasteiger partial charge in [0.2, 0.25) is 0 Å². The molecular weight excluding hydrogens is 366 g/mol. The summed E-state index contributed by atoms with van der Waals surface area (Å²) in [6.07, 6.45) is 3.28. The second-order valence-electron chi connectivity index (χ2n) is 8.77. The molecule has 1 saturated carbocycles. The lowest BCUT2D eigenvalue weighted by Gasteiger charge is -2.22. The van der Waals surface area contributed by atoms with Crippen LogP contribution in [0.5, 0.6) is 11.5 Å². The summed E-state index contributed by atoms with van der Waals surface area (Å²) >= 11 is 0. The van der Waals surface area contributed by atoms with Gasteiger partial charge in [0, 0.05) is 11.6 Å². The molecule has 0 radical (unpaired) electrons. The average molecular weight is 400 g/mol. The summed E-state index contributed by atoms with van der Waals surface area (Å²) in [6.45, 7) is 11.0. The number of amides is 1. The van der Waals surface area contributed by atoms with Gasteiger partial charge in [0.1, 0.15) is 5.69 Å². The van der Waals surface area contributed by atoms with Crippen molar-refractivity contribution >= 4 is 5.91 Å². The molecule has 0 aliphatic heterocycles. The highest BCUT2D eigenvalue weighted by Gasteiger charge is 2.32. The van der Waals surface area contributed by atoms with Gasteiger partial charge in [-0.25, -0.2) is 0 Å². The van der Waals surface area contributed by atoms with Crippen molar-refractivity contribution in [1.29, 1.82) is 0 Å². The average Bonchev–Trinajstić information content (AvgIpc) is 3.42. The molecule has 1 N–H and O–H groups in total. The van der Waals surface area contributed by atoms with Crippen LogP contribution >= 0.6 is 0 Å². The molecular formula is C23H33N3O3. The third kappa shape index (κ3) is 4.92. The number of benzene rings is 1. The molecule has 0 bridgehead atoms. The molecule has 1 aliphatic rings. The topological polar surface area (TPSA) is 65.4 Å². The van der Waals surface area contributed by atoms with E-state index in [1.54, 1.807) is 7.11 Å². The van der Waals surface area contributed by atoms with Gasteiger partial charge in [-0.15, -0.1) is 0 Å². The van der Waals surface area contributed by atoms with Gasteiger partial charge in [-0.1, -0.05) is 13.0 Å². The zero-order valence-electron chi connectivity index (χ0n) is 18.4. The predicted octanol–water partition coefficient (Wildman–Crippen LogP) is 4.80. The third-order valence-corrected chi connectivity index (χ3v) is 5.10. The predicted molar refractivity (Wildman–Crippen MR) is 114 cm³/mol. The number of aromatic nitrogens is 2. The molecule has 0 spiro atoms. The van der Waals surface area contributed by atoms with Crippen LogP contribution in [0.2, 0.25) is 0 Å². The van der Waals surface area contributed by atoms with Crippen molar-refractivity contribution in [1.82, 2.24) is 15.1 Å². The molecule has 1 heterocycles. The van der Waals surface area contributed by atoms with E-state index in [1.807, 2.05) is 35.9 Å². The molecule has 158 valence electrons. The maximum Gasteiger partial charge on any atom is 0.272 e. The second kappa shape index (κ2) is 8.47. The summed E-state index contributed by atoms with van der Waals surface area (Å²) in [4.78, 5) is 12.9. The monoisotopic (exact) mass is 399 g/mol. The van der Waals surface area contributed by atoms with Crippen molar-refractivity contribution in [2.24, 2.45) is 0 Å². The van der Waals surface area contributed by atoms with Gasteiger partial charge in [-0.3, -0.25) is 9.48 Å². The standard InChI is InChI=1S/C23H33N3O3/c1-7-12-29-20-11-10-17(13-21(20)28-6)15(2)24-22(27)18-14-19(16-8-9-16)26(25-18)23(3,4)5/h10-11,13-16H,7-9,12H2,1-6H3,(H,24,27). The van der Waals surface area contributed by atoms with E-state index in [0.29, 0.717) is 24.0 Å². The number of methoxy groups -OCH3 is 1. The van der Waals surface area contributed by atoms with Gasteiger partial charge >= 0.3 is 0 Å². The molecule has 6 nitrogen and oxygen atoms in total. The van der Waals surface area contributed by atoms with E-state index in [1.165, 1.54) is 12.8 Å². The first-order chi connectivity index (χ1) is 13.7. The van der Waals surface area contributed by atoms with E-state index in [9.17, 15) is 4.79 Å². The fraction of sp³-hybridized carbons (Fsp3) is 0.565. The van der Waals surface area contributed by atoms with Crippen molar-refractivity contribution in [2.45, 2.75) is 71.4 Å². The third-order valence-electron chi connectivity index (χ3n) is 5.10. The number of carbonyl (C=O) groups excluding carboxylic acids is 1. The number of carbonyl (C=O) groups is 1. The summed E-state index contributed by atoms with van der Waals surface area (Å²) in [5.74, 6) is 1.76. The largest absolute Gasteiger partial charge is 0.493 e. The van der Waals surface area contributed by atoms with Crippen molar-refractivity contribution in [3.8, 4) is 11.5 Å². The SMILES string of the molecule is CCCOc1ccc(C(C)NC(=O)c2cc(C3CC3)n(C(C)(C)C)n2)cc1OC. The summed E-state index contributed by atoms with van der Waals surface area (Å²) in [7, 11) is 1.62. The minimum atomic E-state index is -0.180. The zero-order valence-corrected chi connectivity index (χ0v) is 18.4. The number of nitrogens with one attached hydrogen (secondary N) is 1. The molecule has 6 heteroatoms. The number of hydrogen-bond acceptors (Lipinski definition) is 4. The van der Waals surface area contributed by atoms with Crippen LogP contribution in [0.3, 0.4) is 0 Å². The van der Waals surface area contributed by atoms with E-state index in [2.05, 4.69) is 38.1 Å². The lowest BCUT2D eigenvalue weighted by Crippen LogP contribution is -2.29. The van der Waals surface area contributed by atoms with Crippen molar-refractivity contribution in [3.05, 3.63) is 41.2 Å². The number of nitrogens with zero attached hydrogens (tertiary/aromatic N) is 2. The zero-order chi connectivity index (χ0) is 21.2. The van der Waals surface area contributed by atoms with E-state index < -0.39 is 0 Å². The summed E-state index contributed by atoms with van der Waals surface area (Å²) in [5.41, 5.74) is 2.44. The highest BCUT2D eigenvalue weighted by molar-refractivity contribution is 5.92. The Kier molecular flexibility index (Phi) is 6.20. The summed E-state index contributed by atoms with van der Waals surface area (Å²) in [6, 6.07) is 7.54. The van der Waals surface area contributed by atoms with Gasteiger partial charge in [-0.2, -0.15) is 5.10 Å². The first-order valence-electron chi connectivity index (χ1n) is 10.5. The van der Waals surface area contributed by atoms with Crippen LogP contribution in [0.25, 0.3) is 0 Å². The highest BCUT2D eigenvalue weighted by Crippen LogP contribution is 2.41. The van der Waals surface area contributed by atoms with Crippen LogP contribution in [0, 0.1) is 0 Å². The molecule has 0 saturated heterocycles. The smallest absolute Gasteiger partial charge is 0.272 e. The first kappa shape index (κ1) is 21.2. The number of hydrogen-bond donors (Lipinski definition) is 1. The Bertz CT molecular complexity index is 863. The minimum Gasteiger partial charge on any atom is -0.493 e. The maximum atomic E-state index is 12.9. The maximum absolute atomic E-state index is 12.9. The van der Waals surface area contributed by atoms with E-state index in [-0.39, 0.29) is 17.5 Å². The van der Waals surface area contributed by atoms with E-state index in [4.69, 9.17) is 9.47 Å². The molecule has 1 unspecified atom stereocenters. The fourth-order valence-corrected chi connectivity index (χ4v) is 3.35. The van der Waals surface area contributed by atoms with Crippen LogP contribution in [-0.4, -0.2) is 29.4 Å². The molecule has 1 aromatic carbocycles. The molecule has 3 rings (SSSR count). The Hall–Kier alpha value is -2.50. The Morgan fingerprint density at radius 1 is 1.28 bits per heavy atom. The minimum absolute atomic E-state index is 0.149. The summed E-state index contributed by atoms with van der Waals surface area (Å²) < 4.78 is 13.2. The lowest BCUT2D eigenvalue weighted by atomic mass is 10.1. The van der Waals surface area contributed by atoms with Crippen molar-refractivity contribution in [3.63, 3.8) is 0 Å². The molecule has 29 heavy (non-hydrogen) atoms. The molecule has 1 aromatic heterocycles. The van der Waals surface area contributed by atoms with Gasteiger partial charge in [-0.05, 0) is 70.7 Å². The quantitative estimate of drug-likeness (QED) is 0.692. The Morgan fingerprint density at radius 2 is 2.00 bits per heavy atom. The molecule has 2 aromatic rings. The van der Waals surface area contributed by atoms with Gasteiger partial charge in [0.05, 0.1) is 25.3 Å². The van der Waals surface area contributed by atoms with E-state index >= 15 is 0 Å². The van der Waals surface area contributed by atoms with Gasteiger partial charge < -0.3 is 14.8 Å². The summed E-state index contributed by atoms with van der Waals surface area (Å²) in [5, 5.41) is 7.70. The lowest BCUT2D eigenvalue weighted by molar-refractivity contribution is 0.0933. The number of rotatable bonds is 8. The fourth-order valence-electron chi connectivity index (χ4n) is 3.35. The number of ether oxygens (including phenoxy) is 2. The second-order valence-corrected chi connectivity index (χ2v) is 8.77. The molecule has 1 fully saturated rings. The van der Waals surface area contributed by atoms with Gasteiger partial charge in [0.15, 0.2) is 11.5 Å². The van der Waals surface area contributed by atoms with Crippen LogP contribution < -0.4 is 14.8 Å². The van der Waals surface area contributed by atoms with Crippen LogP contribution in [-0.2, 0) is 5.54 Å². The van der Waals surface area contributed by atoms with Gasteiger partial charge in [0.25, 0.3) is 5.91 Å². The van der Waals surface area contributed by atoms with Crippen LogP contribution in [0.15, 0.2) is 24.3 Å². The van der Waals surface area contributed by atoms with Crippen molar-refractivity contribution in [2.75, 3.05) is 13.7 Å². The van der Waals surface area contributed by atoms with Crippen LogP contribution in [0.4, 0.5) is 0 Å². The first-order valence-corrected chi connectivity index (χ1v) is 10.5. The molecule has 1 aliphatic carbocycles. The Labute approximate surface area is 173 Å². The molecule has 1 amide bonds.